The Morgan fingerprint density at radius 2 is 1.93 bits per heavy atom. The average Bonchev–Trinajstić information content (AvgIpc) is 2.19. The van der Waals surface area contributed by atoms with Gasteiger partial charge in [-0.3, -0.25) is 4.79 Å². The van der Waals surface area contributed by atoms with Gasteiger partial charge in [0.1, 0.15) is 0 Å². The molecule has 1 aliphatic rings. The minimum absolute atomic E-state index is 0. The number of nitrogens with two attached hydrogens (primary N) is 1. The molecule has 90 valence electrons. The number of carbonyl (C=O) groups is 1. The van der Waals surface area contributed by atoms with Crippen molar-refractivity contribution in [2.75, 3.05) is 19.7 Å². The van der Waals surface area contributed by atoms with Crippen molar-refractivity contribution < 1.29 is 9.90 Å². The van der Waals surface area contributed by atoms with Crippen LogP contribution in [0.3, 0.4) is 0 Å². The Balaban J connectivity index is 0.00000196. The van der Waals surface area contributed by atoms with Crippen molar-refractivity contribution in [2.24, 2.45) is 5.73 Å². The second kappa shape index (κ2) is 7.91. The van der Waals surface area contributed by atoms with Crippen molar-refractivity contribution in [1.82, 2.24) is 4.90 Å². The van der Waals surface area contributed by atoms with Crippen LogP contribution in [-0.4, -0.2) is 41.7 Å². The fourth-order valence-electron chi connectivity index (χ4n) is 1.70. The molecular weight excluding hydrogens is 216 g/mol. The molecule has 0 aromatic heterocycles. The molecule has 0 atom stereocenters. The summed E-state index contributed by atoms with van der Waals surface area (Å²) in [7, 11) is 0. The number of halogens is 1. The van der Waals surface area contributed by atoms with Crippen molar-refractivity contribution in [3.8, 4) is 0 Å². The Morgan fingerprint density at radius 1 is 1.33 bits per heavy atom. The molecule has 1 fully saturated rings. The number of unbranched alkanes of at least 4 members (excludes halogenated alkanes) is 1. The molecule has 0 aromatic rings. The van der Waals surface area contributed by atoms with Crippen LogP contribution in [-0.2, 0) is 4.79 Å². The van der Waals surface area contributed by atoms with Crippen LogP contribution in [0.2, 0.25) is 0 Å². The minimum atomic E-state index is 0. The van der Waals surface area contributed by atoms with Gasteiger partial charge in [-0.2, -0.15) is 0 Å². The molecule has 0 aliphatic carbocycles. The molecule has 3 N–H and O–H groups in total. The molecule has 0 radical (unpaired) electrons. The number of hydrogen-bond donors (Lipinski definition) is 2. The normalized spacial score (nSPS) is 17.3. The van der Waals surface area contributed by atoms with E-state index in [0.717, 1.165) is 38.8 Å². The summed E-state index contributed by atoms with van der Waals surface area (Å²) in [6.45, 7) is 1.79. The van der Waals surface area contributed by atoms with Crippen LogP contribution in [0, 0.1) is 0 Å². The predicted molar refractivity (Wildman–Crippen MR) is 62.0 cm³/mol. The van der Waals surface area contributed by atoms with E-state index in [1.54, 1.807) is 0 Å². The predicted octanol–water partition coefficient (Wildman–Crippen LogP) is 0.520. The van der Waals surface area contributed by atoms with E-state index in [0.29, 0.717) is 6.42 Å². The molecular formula is C10H21ClN2O2. The van der Waals surface area contributed by atoms with Gasteiger partial charge >= 0.3 is 0 Å². The van der Waals surface area contributed by atoms with E-state index >= 15 is 0 Å². The van der Waals surface area contributed by atoms with E-state index in [1.807, 2.05) is 4.90 Å². The molecule has 4 nitrogen and oxygen atoms in total. The van der Waals surface area contributed by atoms with Gasteiger partial charge in [-0.1, -0.05) is 0 Å². The quantitative estimate of drug-likeness (QED) is 0.700. The van der Waals surface area contributed by atoms with E-state index < -0.39 is 0 Å². The van der Waals surface area contributed by atoms with Crippen LogP contribution < -0.4 is 5.73 Å². The second-order valence-corrected chi connectivity index (χ2v) is 3.90. The third kappa shape index (κ3) is 5.35. The molecule has 1 heterocycles. The van der Waals surface area contributed by atoms with E-state index in [9.17, 15) is 4.79 Å². The highest BCUT2D eigenvalue weighted by Crippen LogP contribution is 2.10. The summed E-state index contributed by atoms with van der Waals surface area (Å²) in [5, 5.41) is 8.58. The van der Waals surface area contributed by atoms with Crippen molar-refractivity contribution in [2.45, 2.75) is 38.1 Å². The third-order valence-electron chi connectivity index (χ3n) is 2.69. The van der Waals surface area contributed by atoms with Gasteiger partial charge in [-0.15, -0.1) is 12.4 Å². The molecule has 0 aromatic carbocycles. The maximum atomic E-state index is 11.6. The molecule has 0 bridgehead atoms. The van der Waals surface area contributed by atoms with Crippen LogP contribution in [0.4, 0.5) is 0 Å². The number of aliphatic hydroxyl groups excluding tert-OH is 1. The number of hydrogen-bond acceptors (Lipinski definition) is 3. The van der Waals surface area contributed by atoms with Crippen LogP contribution in [0.25, 0.3) is 0 Å². The fourth-order valence-corrected chi connectivity index (χ4v) is 1.70. The lowest BCUT2D eigenvalue weighted by molar-refractivity contribution is -0.132. The highest BCUT2D eigenvalue weighted by molar-refractivity contribution is 5.85. The van der Waals surface area contributed by atoms with Crippen LogP contribution in [0.5, 0.6) is 0 Å². The van der Waals surface area contributed by atoms with Crippen molar-refractivity contribution in [3.05, 3.63) is 0 Å². The maximum Gasteiger partial charge on any atom is 0.222 e. The first kappa shape index (κ1) is 14.7. The van der Waals surface area contributed by atoms with E-state index in [-0.39, 0.29) is 31.0 Å². The lowest BCUT2D eigenvalue weighted by atomic mass is 10.1. The van der Waals surface area contributed by atoms with E-state index in [2.05, 4.69) is 0 Å². The second-order valence-electron chi connectivity index (χ2n) is 3.90. The summed E-state index contributed by atoms with van der Waals surface area (Å²) < 4.78 is 0. The number of piperidine rings is 1. The summed E-state index contributed by atoms with van der Waals surface area (Å²) >= 11 is 0. The Bertz CT molecular complexity index is 182. The SMILES string of the molecule is Cl.NC1CCN(C(=O)CCCCO)CC1. The van der Waals surface area contributed by atoms with Crippen LogP contribution >= 0.6 is 12.4 Å². The van der Waals surface area contributed by atoms with Crippen molar-refractivity contribution in [3.63, 3.8) is 0 Å². The van der Waals surface area contributed by atoms with Gasteiger partial charge in [0.2, 0.25) is 5.91 Å². The van der Waals surface area contributed by atoms with Gasteiger partial charge < -0.3 is 15.7 Å². The highest BCUT2D eigenvalue weighted by Gasteiger charge is 2.19. The Morgan fingerprint density at radius 3 is 2.47 bits per heavy atom. The lowest BCUT2D eigenvalue weighted by Crippen LogP contribution is -2.42. The zero-order valence-corrected chi connectivity index (χ0v) is 9.84. The summed E-state index contributed by atoms with van der Waals surface area (Å²) in [4.78, 5) is 13.5. The Kier molecular flexibility index (Phi) is 7.74. The Labute approximate surface area is 97.2 Å². The molecule has 15 heavy (non-hydrogen) atoms. The van der Waals surface area contributed by atoms with Gasteiger partial charge in [-0.25, -0.2) is 0 Å². The number of likely N-dealkylation sites (tertiary alicyclic amines) is 1. The maximum absolute atomic E-state index is 11.6. The van der Waals surface area contributed by atoms with Gasteiger partial charge in [-0.05, 0) is 25.7 Å². The van der Waals surface area contributed by atoms with E-state index in [4.69, 9.17) is 10.8 Å². The zero-order chi connectivity index (χ0) is 10.4. The lowest BCUT2D eigenvalue weighted by Gasteiger charge is -2.30. The molecule has 1 saturated heterocycles. The zero-order valence-electron chi connectivity index (χ0n) is 9.02. The standard InChI is InChI=1S/C10H20N2O2.ClH/c11-9-4-6-12(7-5-9)10(14)3-1-2-8-13;/h9,13H,1-8,11H2;1H. The van der Waals surface area contributed by atoms with E-state index in [1.165, 1.54) is 0 Å². The first-order chi connectivity index (χ1) is 6.74. The molecule has 0 unspecified atom stereocenters. The first-order valence-corrected chi connectivity index (χ1v) is 5.38. The number of aliphatic hydroxyl groups is 1. The summed E-state index contributed by atoms with van der Waals surface area (Å²) in [5.74, 6) is 0.213. The van der Waals surface area contributed by atoms with Gasteiger partial charge in [0.15, 0.2) is 0 Å². The first-order valence-electron chi connectivity index (χ1n) is 5.38. The molecule has 0 spiro atoms. The van der Waals surface area contributed by atoms with Gasteiger partial charge in [0.25, 0.3) is 0 Å². The monoisotopic (exact) mass is 236 g/mol. The number of carbonyl (C=O) groups excluding carboxylic acids is 1. The third-order valence-corrected chi connectivity index (χ3v) is 2.69. The number of rotatable bonds is 4. The van der Waals surface area contributed by atoms with Gasteiger partial charge in [0.05, 0.1) is 0 Å². The van der Waals surface area contributed by atoms with Crippen LogP contribution in [0.1, 0.15) is 32.1 Å². The molecule has 1 rings (SSSR count). The summed E-state index contributed by atoms with van der Waals surface area (Å²) in [6, 6.07) is 0.275. The minimum Gasteiger partial charge on any atom is -0.396 e. The van der Waals surface area contributed by atoms with Gasteiger partial charge in [0, 0.05) is 32.2 Å². The molecule has 5 heteroatoms. The van der Waals surface area contributed by atoms with Crippen molar-refractivity contribution >= 4 is 18.3 Å². The average molecular weight is 237 g/mol. The van der Waals surface area contributed by atoms with Crippen LogP contribution in [0.15, 0.2) is 0 Å². The fraction of sp³-hybridized carbons (Fsp3) is 0.900. The molecule has 0 saturated carbocycles. The smallest absolute Gasteiger partial charge is 0.222 e. The number of amides is 1. The van der Waals surface area contributed by atoms with Crippen molar-refractivity contribution in [1.29, 1.82) is 0 Å². The highest BCUT2D eigenvalue weighted by atomic mass is 35.5. The topological polar surface area (TPSA) is 66.6 Å². The summed E-state index contributed by atoms with van der Waals surface area (Å²) in [5.41, 5.74) is 5.75. The number of nitrogens with zero attached hydrogens (tertiary/aromatic N) is 1. The molecule has 1 amide bonds. The Hall–Kier alpha value is -0.320. The largest absolute Gasteiger partial charge is 0.396 e. The summed E-state index contributed by atoms with van der Waals surface area (Å²) in [6.07, 6.45) is 3.92. The molecule has 1 aliphatic heterocycles.